The Labute approximate surface area is 45.1 Å². The third-order valence-corrected chi connectivity index (χ3v) is 1.51. The molecule has 0 spiro atoms. The molecule has 0 aromatic heterocycles. The molecule has 0 bridgehead atoms. The van der Waals surface area contributed by atoms with E-state index < -0.39 is 0 Å². The van der Waals surface area contributed by atoms with Gasteiger partial charge in [-0.05, 0) is 26.7 Å². The predicted molar refractivity (Wildman–Crippen MR) is 30.3 cm³/mol. The Hall–Kier alpha value is -0.0400. The van der Waals surface area contributed by atoms with Crippen LogP contribution in [0.1, 0.15) is 26.7 Å². The molecule has 0 amide bonds. The molecule has 1 rings (SSSR count). The van der Waals surface area contributed by atoms with E-state index in [-0.39, 0.29) is 0 Å². The van der Waals surface area contributed by atoms with Crippen LogP contribution in [0.15, 0.2) is 0 Å². The Morgan fingerprint density at radius 2 is 1.57 bits per heavy atom. The molecule has 0 unspecified atom stereocenters. The highest BCUT2D eigenvalue weighted by atomic mass is 15.0. The van der Waals surface area contributed by atoms with E-state index in [1.54, 1.807) is 0 Å². The molecule has 1 heterocycles. The summed E-state index contributed by atoms with van der Waals surface area (Å²) in [5.41, 5.74) is 0. The molecule has 1 radical (unpaired) electrons. The number of hydrogen-bond donors (Lipinski definition) is 0. The molecule has 2 atom stereocenters. The molecule has 1 saturated heterocycles. The van der Waals surface area contributed by atoms with Crippen molar-refractivity contribution < 1.29 is 0 Å². The Bertz CT molecular complexity index is 53.2. The van der Waals surface area contributed by atoms with E-state index in [1.807, 2.05) is 0 Å². The largest absolute Gasteiger partial charge is 0.236 e. The van der Waals surface area contributed by atoms with Crippen molar-refractivity contribution in [2.24, 2.45) is 0 Å². The highest BCUT2D eigenvalue weighted by Gasteiger charge is 2.16. The highest BCUT2D eigenvalue weighted by Crippen LogP contribution is 2.11. The fourth-order valence-corrected chi connectivity index (χ4v) is 1.07. The van der Waals surface area contributed by atoms with Crippen molar-refractivity contribution in [3.63, 3.8) is 0 Å². The molecule has 1 heteroatoms. The molecule has 7 heavy (non-hydrogen) atoms. The first-order chi connectivity index (χ1) is 3.29. The van der Waals surface area contributed by atoms with Crippen molar-refractivity contribution in [1.82, 2.24) is 5.32 Å². The number of rotatable bonds is 0. The lowest BCUT2D eigenvalue weighted by Crippen LogP contribution is -2.15. The fraction of sp³-hybridized carbons (Fsp3) is 1.00. The Morgan fingerprint density at radius 3 is 1.71 bits per heavy atom. The molecule has 0 aromatic rings. The molecule has 1 fully saturated rings. The summed E-state index contributed by atoms with van der Waals surface area (Å²) in [7, 11) is 0. The monoisotopic (exact) mass is 98.1 g/mol. The maximum Gasteiger partial charge on any atom is 0.0221 e. The molecule has 1 nitrogen and oxygen atoms in total. The number of hydrogen-bond acceptors (Lipinski definition) is 0. The van der Waals surface area contributed by atoms with Gasteiger partial charge in [-0.2, -0.15) is 0 Å². The van der Waals surface area contributed by atoms with Gasteiger partial charge in [-0.25, -0.2) is 5.32 Å². The molecular formula is C6H12N. The molecule has 1 aliphatic heterocycles. The van der Waals surface area contributed by atoms with Gasteiger partial charge in [0.1, 0.15) is 0 Å². The van der Waals surface area contributed by atoms with Crippen LogP contribution in [-0.4, -0.2) is 12.1 Å². The van der Waals surface area contributed by atoms with Gasteiger partial charge in [-0.1, -0.05) is 0 Å². The lowest BCUT2D eigenvalue weighted by Gasteiger charge is -1.98. The second-order valence-electron chi connectivity index (χ2n) is 2.42. The van der Waals surface area contributed by atoms with E-state index >= 15 is 0 Å². The predicted octanol–water partition coefficient (Wildman–Crippen LogP) is 1.16. The summed E-state index contributed by atoms with van der Waals surface area (Å²) < 4.78 is 0. The Morgan fingerprint density at radius 1 is 1.14 bits per heavy atom. The zero-order valence-corrected chi connectivity index (χ0v) is 5.02. The van der Waals surface area contributed by atoms with E-state index in [9.17, 15) is 0 Å². The van der Waals surface area contributed by atoms with Gasteiger partial charge in [0, 0.05) is 12.1 Å². The third kappa shape index (κ3) is 1.16. The van der Waals surface area contributed by atoms with Gasteiger partial charge in [0.15, 0.2) is 0 Å². The van der Waals surface area contributed by atoms with Gasteiger partial charge in [0.25, 0.3) is 0 Å². The molecule has 0 N–H and O–H groups in total. The van der Waals surface area contributed by atoms with Gasteiger partial charge >= 0.3 is 0 Å². The molecular weight excluding hydrogens is 86.1 g/mol. The Balaban J connectivity index is 2.26. The van der Waals surface area contributed by atoms with Gasteiger partial charge in [-0.3, -0.25) is 0 Å². The van der Waals surface area contributed by atoms with Crippen LogP contribution in [0, 0.1) is 0 Å². The van der Waals surface area contributed by atoms with Gasteiger partial charge in [0.05, 0.1) is 0 Å². The van der Waals surface area contributed by atoms with Crippen molar-refractivity contribution in [2.75, 3.05) is 0 Å². The lowest BCUT2D eigenvalue weighted by atomic mass is 10.2. The van der Waals surface area contributed by atoms with Crippen molar-refractivity contribution >= 4 is 0 Å². The smallest absolute Gasteiger partial charge is 0.0221 e. The van der Waals surface area contributed by atoms with Gasteiger partial charge < -0.3 is 0 Å². The van der Waals surface area contributed by atoms with Crippen LogP contribution in [0.3, 0.4) is 0 Å². The van der Waals surface area contributed by atoms with Crippen LogP contribution in [0.25, 0.3) is 0 Å². The third-order valence-electron chi connectivity index (χ3n) is 1.51. The first-order valence-electron chi connectivity index (χ1n) is 2.99. The quantitative estimate of drug-likeness (QED) is 0.431. The van der Waals surface area contributed by atoms with Crippen molar-refractivity contribution in [1.29, 1.82) is 0 Å². The van der Waals surface area contributed by atoms with Crippen LogP contribution >= 0.6 is 0 Å². The molecule has 41 valence electrons. The number of nitrogens with zero attached hydrogens (tertiary/aromatic N) is 1. The highest BCUT2D eigenvalue weighted by molar-refractivity contribution is 4.75. The van der Waals surface area contributed by atoms with E-state index in [0.29, 0.717) is 12.1 Å². The average Bonchev–Trinajstić information content (AvgIpc) is 1.87. The fourth-order valence-electron chi connectivity index (χ4n) is 1.07. The van der Waals surface area contributed by atoms with Crippen LogP contribution in [-0.2, 0) is 0 Å². The molecule has 1 aliphatic rings. The van der Waals surface area contributed by atoms with Gasteiger partial charge in [0.2, 0.25) is 0 Å². The normalized spacial score (nSPS) is 42.0. The van der Waals surface area contributed by atoms with Crippen LogP contribution in [0.2, 0.25) is 0 Å². The van der Waals surface area contributed by atoms with E-state index in [4.69, 9.17) is 0 Å². The van der Waals surface area contributed by atoms with Crippen LogP contribution in [0.4, 0.5) is 0 Å². The zero-order chi connectivity index (χ0) is 5.28. The van der Waals surface area contributed by atoms with Crippen LogP contribution in [0.5, 0.6) is 0 Å². The molecule has 0 aliphatic carbocycles. The minimum atomic E-state index is 0.648. The summed E-state index contributed by atoms with van der Waals surface area (Å²) in [4.78, 5) is 0. The maximum atomic E-state index is 4.39. The molecule has 0 aromatic carbocycles. The summed E-state index contributed by atoms with van der Waals surface area (Å²) >= 11 is 0. The first kappa shape index (κ1) is 5.10. The topological polar surface area (TPSA) is 14.1 Å². The second kappa shape index (κ2) is 1.83. The van der Waals surface area contributed by atoms with E-state index in [0.717, 1.165) is 0 Å². The van der Waals surface area contributed by atoms with Crippen LogP contribution < -0.4 is 5.32 Å². The summed E-state index contributed by atoms with van der Waals surface area (Å²) in [5.74, 6) is 0. The first-order valence-corrected chi connectivity index (χ1v) is 2.99. The molecule has 0 saturated carbocycles. The average molecular weight is 98.2 g/mol. The van der Waals surface area contributed by atoms with E-state index in [2.05, 4.69) is 19.2 Å². The minimum absolute atomic E-state index is 0.648. The summed E-state index contributed by atoms with van der Waals surface area (Å²) in [5, 5.41) is 4.39. The summed E-state index contributed by atoms with van der Waals surface area (Å²) in [6.07, 6.45) is 2.61. The summed E-state index contributed by atoms with van der Waals surface area (Å²) in [6.45, 7) is 4.37. The lowest BCUT2D eigenvalue weighted by molar-refractivity contribution is 0.582. The van der Waals surface area contributed by atoms with E-state index in [1.165, 1.54) is 12.8 Å². The van der Waals surface area contributed by atoms with Gasteiger partial charge in [-0.15, -0.1) is 0 Å². The second-order valence-corrected chi connectivity index (χ2v) is 2.42. The van der Waals surface area contributed by atoms with Crippen molar-refractivity contribution in [2.45, 2.75) is 38.8 Å². The SMILES string of the molecule is C[C@@H]1CC[C@H](C)[N]1. The van der Waals surface area contributed by atoms with Crippen molar-refractivity contribution in [3.8, 4) is 0 Å². The standard InChI is InChI=1S/C6H12N/c1-5-3-4-6(2)7-5/h5-6H,3-4H2,1-2H3/t5-,6+. The van der Waals surface area contributed by atoms with Crippen molar-refractivity contribution in [3.05, 3.63) is 0 Å². The Kier molecular flexibility index (Phi) is 1.33. The summed E-state index contributed by atoms with van der Waals surface area (Å²) in [6, 6.07) is 1.30. The maximum absolute atomic E-state index is 4.39. The minimum Gasteiger partial charge on any atom is -0.236 e. The zero-order valence-electron chi connectivity index (χ0n) is 5.02.